The summed E-state index contributed by atoms with van der Waals surface area (Å²) in [4.78, 5) is 0. The van der Waals surface area contributed by atoms with Crippen molar-refractivity contribution in [2.24, 2.45) is 0 Å². The van der Waals surface area contributed by atoms with Gasteiger partial charge in [-0.2, -0.15) is 13.2 Å². The van der Waals surface area contributed by atoms with E-state index in [0.717, 1.165) is 11.6 Å². The van der Waals surface area contributed by atoms with E-state index in [2.05, 4.69) is 0 Å². The standard InChI is InChI=1S/C14H11F3/c1-10-7-12(11-5-3-2-4-6-11)9-13(8-10)14(15,16)17/h2-9H,1H3. The fraction of sp³-hybridized carbons (Fsp3) is 0.143. The Morgan fingerprint density at radius 3 is 2.06 bits per heavy atom. The summed E-state index contributed by atoms with van der Waals surface area (Å²) >= 11 is 0. The van der Waals surface area contributed by atoms with Crippen molar-refractivity contribution >= 4 is 0 Å². The van der Waals surface area contributed by atoms with Crippen LogP contribution in [0.2, 0.25) is 0 Å². The highest BCUT2D eigenvalue weighted by atomic mass is 19.4. The maximum atomic E-state index is 12.7. The Morgan fingerprint density at radius 1 is 0.824 bits per heavy atom. The first-order chi connectivity index (χ1) is 7.97. The molecule has 0 bridgehead atoms. The fourth-order valence-electron chi connectivity index (χ4n) is 1.74. The van der Waals surface area contributed by atoms with E-state index in [4.69, 9.17) is 0 Å². The van der Waals surface area contributed by atoms with Crippen molar-refractivity contribution < 1.29 is 13.2 Å². The molecule has 0 radical (unpaired) electrons. The van der Waals surface area contributed by atoms with E-state index >= 15 is 0 Å². The summed E-state index contributed by atoms with van der Waals surface area (Å²) in [5.74, 6) is 0. The van der Waals surface area contributed by atoms with Crippen LogP contribution in [0, 0.1) is 6.92 Å². The van der Waals surface area contributed by atoms with E-state index in [0.29, 0.717) is 11.1 Å². The van der Waals surface area contributed by atoms with Crippen LogP contribution >= 0.6 is 0 Å². The Morgan fingerprint density at radius 2 is 1.47 bits per heavy atom. The van der Waals surface area contributed by atoms with E-state index in [-0.39, 0.29) is 0 Å². The first kappa shape index (κ1) is 11.7. The summed E-state index contributed by atoms with van der Waals surface area (Å²) in [6.45, 7) is 1.67. The molecule has 0 aromatic heterocycles. The second-order valence-corrected chi connectivity index (χ2v) is 3.95. The van der Waals surface area contributed by atoms with E-state index in [1.165, 1.54) is 6.07 Å². The van der Waals surface area contributed by atoms with Crippen LogP contribution in [0.5, 0.6) is 0 Å². The van der Waals surface area contributed by atoms with Crippen molar-refractivity contribution in [1.82, 2.24) is 0 Å². The van der Waals surface area contributed by atoms with E-state index in [1.54, 1.807) is 25.1 Å². The molecule has 17 heavy (non-hydrogen) atoms. The summed E-state index contributed by atoms with van der Waals surface area (Å²) < 4.78 is 38.0. The molecule has 88 valence electrons. The summed E-state index contributed by atoms with van der Waals surface area (Å²) in [6, 6.07) is 13.2. The van der Waals surface area contributed by atoms with Gasteiger partial charge in [0, 0.05) is 0 Å². The van der Waals surface area contributed by atoms with E-state index in [1.807, 2.05) is 18.2 Å². The Hall–Kier alpha value is -1.77. The average Bonchev–Trinajstić information content (AvgIpc) is 2.28. The molecule has 0 unspecified atom stereocenters. The molecular formula is C14H11F3. The topological polar surface area (TPSA) is 0 Å². The molecule has 0 aliphatic carbocycles. The number of aryl methyl sites for hydroxylation is 1. The van der Waals surface area contributed by atoms with Crippen molar-refractivity contribution in [3.05, 3.63) is 59.7 Å². The fourth-order valence-corrected chi connectivity index (χ4v) is 1.74. The normalized spacial score (nSPS) is 11.5. The number of alkyl halides is 3. The lowest BCUT2D eigenvalue weighted by Gasteiger charge is -2.10. The molecule has 0 amide bonds. The Labute approximate surface area is 97.7 Å². The zero-order valence-corrected chi connectivity index (χ0v) is 9.25. The van der Waals surface area contributed by atoms with Crippen LogP contribution in [0.3, 0.4) is 0 Å². The minimum absolute atomic E-state index is 0.595. The van der Waals surface area contributed by atoms with Crippen LogP contribution in [0.1, 0.15) is 11.1 Å². The Balaban J connectivity index is 2.54. The quantitative estimate of drug-likeness (QED) is 0.674. The van der Waals surface area contributed by atoms with Crippen LogP contribution in [-0.2, 0) is 6.18 Å². The second-order valence-electron chi connectivity index (χ2n) is 3.95. The summed E-state index contributed by atoms with van der Waals surface area (Å²) in [6.07, 6.45) is -4.30. The lowest BCUT2D eigenvalue weighted by Crippen LogP contribution is -2.05. The zero-order chi connectivity index (χ0) is 12.5. The first-order valence-corrected chi connectivity index (χ1v) is 5.21. The van der Waals surface area contributed by atoms with Crippen LogP contribution in [0.25, 0.3) is 11.1 Å². The summed E-state index contributed by atoms with van der Waals surface area (Å²) in [5.41, 5.74) is 1.40. The minimum Gasteiger partial charge on any atom is -0.166 e. The van der Waals surface area contributed by atoms with Gasteiger partial charge >= 0.3 is 6.18 Å². The number of hydrogen-bond acceptors (Lipinski definition) is 0. The van der Waals surface area contributed by atoms with Gasteiger partial charge in [-0.15, -0.1) is 0 Å². The Kier molecular flexibility index (Phi) is 2.92. The maximum Gasteiger partial charge on any atom is 0.416 e. The predicted molar refractivity (Wildman–Crippen MR) is 61.6 cm³/mol. The van der Waals surface area contributed by atoms with Crippen molar-refractivity contribution in [3.8, 4) is 11.1 Å². The Bertz CT molecular complexity index is 513. The van der Waals surface area contributed by atoms with Crippen molar-refractivity contribution in [3.63, 3.8) is 0 Å². The van der Waals surface area contributed by atoms with Crippen LogP contribution in [0.15, 0.2) is 48.5 Å². The highest BCUT2D eigenvalue weighted by Crippen LogP contribution is 2.33. The molecule has 0 atom stereocenters. The monoisotopic (exact) mass is 236 g/mol. The highest BCUT2D eigenvalue weighted by molar-refractivity contribution is 5.65. The number of halogens is 3. The zero-order valence-electron chi connectivity index (χ0n) is 9.25. The molecule has 0 nitrogen and oxygen atoms in total. The van der Waals surface area contributed by atoms with Gasteiger partial charge in [0.05, 0.1) is 5.56 Å². The molecule has 0 fully saturated rings. The third-order valence-electron chi connectivity index (χ3n) is 2.51. The van der Waals surface area contributed by atoms with Gasteiger partial charge in [-0.25, -0.2) is 0 Å². The largest absolute Gasteiger partial charge is 0.416 e. The first-order valence-electron chi connectivity index (χ1n) is 5.21. The van der Waals surface area contributed by atoms with Crippen LogP contribution in [-0.4, -0.2) is 0 Å². The maximum absolute atomic E-state index is 12.7. The lowest BCUT2D eigenvalue weighted by molar-refractivity contribution is -0.137. The molecule has 0 saturated heterocycles. The van der Waals surface area contributed by atoms with Gasteiger partial charge < -0.3 is 0 Å². The predicted octanol–water partition coefficient (Wildman–Crippen LogP) is 4.68. The van der Waals surface area contributed by atoms with Crippen molar-refractivity contribution in [2.75, 3.05) is 0 Å². The van der Waals surface area contributed by atoms with Gasteiger partial charge in [0.1, 0.15) is 0 Å². The SMILES string of the molecule is Cc1cc(-c2ccccc2)cc(C(F)(F)F)c1. The molecule has 2 aromatic carbocycles. The number of rotatable bonds is 1. The van der Waals surface area contributed by atoms with Gasteiger partial charge in [-0.05, 0) is 35.7 Å². The van der Waals surface area contributed by atoms with Crippen LogP contribution in [0.4, 0.5) is 13.2 Å². The molecular weight excluding hydrogens is 225 g/mol. The number of benzene rings is 2. The third kappa shape index (κ3) is 2.67. The highest BCUT2D eigenvalue weighted by Gasteiger charge is 2.30. The second kappa shape index (κ2) is 4.24. The van der Waals surface area contributed by atoms with Gasteiger partial charge in [0.2, 0.25) is 0 Å². The third-order valence-corrected chi connectivity index (χ3v) is 2.51. The van der Waals surface area contributed by atoms with Crippen molar-refractivity contribution in [2.45, 2.75) is 13.1 Å². The van der Waals surface area contributed by atoms with E-state index in [9.17, 15) is 13.2 Å². The van der Waals surface area contributed by atoms with Gasteiger partial charge in [-0.1, -0.05) is 36.4 Å². The molecule has 0 saturated carbocycles. The van der Waals surface area contributed by atoms with E-state index < -0.39 is 11.7 Å². The molecule has 0 N–H and O–H groups in total. The van der Waals surface area contributed by atoms with Gasteiger partial charge in [0.15, 0.2) is 0 Å². The molecule has 0 spiro atoms. The molecule has 2 aromatic rings. The molecule has 0 aliphatic rings. The lowest BCUT2D eigenvalue weighted by atomic mass is 10.0. The van der Waals surface area contributed by atoms with Crippen molar-refractivity contribution in [1.29, 1.82) is 0 Å². The van der Waals surface area contributed by atoms with Crippen LogP contribution < -0.4 is 0 Å². The molecule has 2 rings (SSSR count). The summed E-state index contributed by atoms with van der Waals surface area (Å²) in [7, 11) is 0. The van der Waals surface area contributed by atoms with Gasteiger partial charge in [0.25, 0.3) is 0 Å². The minimum atomic E-state index is -4.30. The van der Waals surface area contributed by atoms with Gasteiger partial charge in [-0.3, -0.25) is 0 Å². The smallest absolute Gasteiger partial charge is 0.166 e. The average molecular weight is 236 g/mol. The molecule has 3 heteroatoms. The molecule has 0 heterocycles. The molecule has 0 aliphatic heterocycles. The number of hydrogen-bond donors (Lipinski definition) is 0. The summed E-state index contributed by atoms with van der Waals surface area (Å²) in [5, 5.41) is 0.